The molecule has 1 saturated heterocycles. The molecule has 1 fully saturated rings. The number of hydrogen-bond acceptors (Lipinski definition) is 2. The highest BCUT2D eigenvalue weighted by Crippen LogP contribution is 2.36. The van der Waals surface area contributed by atoms with E-state index < -0.39 is 0 Å². The van der Waals surface area contributed by atoms with Gasteiger partial charge in [-0.15, -0.1) is 0 Å². The summed E-state index contributed by atoms with van der Waals surface area (Å²) in [7, 11) is 0. The molecule has 92 valence electrons. The van der Waals surface area contributed by atoms with Gasteiger partial charge in [0.15, 0.2) is 0 Å². The summed E-state index contributed by atoms with van der Waals surface area (Å²) in [6.07, 6.45) is 0.591. The lowest BCUT2D eigenvalue weighted by Gasteiger charge is -2.41. The Labute approximate surface area is 103 Å². The molecule has 0 saturated carbocycles. The second-order valence-electron chi connectivity index (χ2n) is 5.43. The Morgan fingerprint density at radius 3 is 2.24 bits per heavy atom. The first kappa shape index (κ1) is 12.3. The van der Waals surface area contributed by atoms with E-state index in [1.54, 1.807) is 6.92 Å². The summed E-state index contributed by atoms with van der Waals surface area (Å²) >= 11 is 0. The van der Waals surface area contributed by atoms with Crippen LogP contribution in [0, 0.1) is 0 Å². The maximum absolute atomic E-state index is 11.3. The summed E-state index contributed by atoms with van der Waals surface area (Å²) < 4.78 is 5.32. The molecule has 1 aliphatic heterocycles. The van der Waals surface area contributed by atoms with Crippen molar-refractivity contribution < 1.29 is 9.53 Å². The van der Waals surface area contributed by atoms with Gasteiger partial charge < -0.3 is 4.74 Å². The van der Waals surface area contributed by atoms with Gasteiger partial charge in [0.05, 0.1) is 13.2 Å². The lowest BCUT2D eigenvalue weighted by atomic mass is 9.74. The van der Waals surface area contributed by atoms with E-state index in [1.807, 2.05) is 0 Å². The first-order valence-corrected chi connectivity index (χ1v) is 6.21. The van der Waals surface area contributed by atoms with Crippen LogP contribution in [0.1, 0.15) is 44.2 Å². The van der Waals surface area contributed by atoms with Gasteiger partial charge in [-0.05, 0) is 24.0 Å². The van der Waals surface area contributed by atoms with E-state index in [-0.39, 0.29) is 11.2 Å². The van der Waals surface area contributed by atoms with E-state index in [0.29, 0.717) is 25.6 Å². The second-order valence-corrected chi connectivity index (χ2v) is 5.43. The number of ketones is 1. The van der Waals surface area contributed by atoms with Crippen molar-refractivity contribution in [3.05, 3.63) is 35.4 Å². The molecule has 1 aromatic rings. The minimum absolute atomic E-state index is 0.0542. The Balaban J connectivity index is 2.23. The van der Waals surface area contributed by atoms with Crippen molar-refractivity contribution in [3.8, 4) is 0 Å². The average Bonchev–Trinajstić information content (AvgIpc) is 2.23. The molecule has 0 aromatic heterocycles. The highest BCUT2D eigenvalue weighted by atomic mass is 16.5. The molecule has 1 aliphatic rings. The zero-order valence-corrected chi connectivity index (χ0v) is 10.8. The van der Waals surface area contributed by atoms with E-state index in [0.717, 1.165) is 0 Å². The molecule has 0 amide bonds. The number of ether oxygens (including phenoxy) is 1. The maximum Gasteiger partial charge on any atom is 0.130 e. The number of carbonyl (C=O) groups excluding carboxylic acids is 1. The van der Waals surface area contributed by atoms with Crippen molar-refractivity contribution in [3.63, 3.8) is 0 Å². The molecule has 0 atom stereocenters. The molecule has 1 aromatic carbocycles. The summed E-state index contributed by atoms with van der Waals surface area (Å²) in [5.41, 5.74) is 2.52. The fraction of sp³-hybridized carbons (Fsp3) is 0.533. The number of hydrogen-bond donors (Lipinski definition) is 0. The Bertz CT molecular complexity index is 399. The Hall–Kier alpha value is -1.15. The fourth-order valence-electron chi connectivity index (χ4n) is 2.42. The number of benzene rings is 1. The summed E-state index contributed by atoms with van der Waals surface area (Å²) in [6.45, 7) is 7.38. The Morgan fingerprint density at radius 2 is 1.88 bits per heavy atom. The topological polar surface area (TPSA) is 26.3 Å². The van der Waals surface area contributed by atoms with Gasteiger partial charge in [0.1, 0.15) is 5.78 Å². The molecule has 0 aliphatic carbocycles. The number of rotatable bonds is 4. The molecule has 0 bridgehead atoms. The summed E-state index contributed by atoms with van der Waals surface area (Å²) in [4.78, 5) is 11.3. The molecule has 0 radical (unpaired) electrons. The third kappa shape index (κ3) is 2.42. The van der Waals surface area contributed by atoms with Gasteiger partial charge in [0, 0.05) is 11.8 Å². The first-order valence-electron chi connectivity index (χ1n) is 6.21. The van der Waals surface area contributed by atoms with E-state index in [9.17, 15) is 4.79 Å². The third-order valence-corrected chi connectivity index (χ3v) is 3.53. The SMILES string of the molecule is CC(=O)CC1(c2ccc(C(C)C)cc2)COC1. The molecular formula is C15H20O2. The summed E-state index contributed by atoms with van der Waals surface area (Å²) in [5, 5.41) is 0. The molecule has 2 heteroatoms. The molecule has 17 heavy (non-hydrogen) atoms. The lowest BCUT2D eigenvalue weighted by Crippen LogP contribution is -2.47. The highest BCUT2D eigenvalue weighted by Gasteiger charge is 2.41. The Morgan fingerprint density at radius 1 is 1.29 bits per heavy atom. The largest absolute Gasteiger partial charge is 0.379 e. The highest BCUT2D eigenvalue weighted by molar-refractivity contribution is 5.77. The smallest absolute Gasteiger partial charge is 0.130 e. The lowest BCUT2D eigenvalue weighted by molar-refractivity contribution is -0.125. The zero-order chi connectivity index (χ0) is 12.5. The van der Waals surface area contributed by atoms with E-state index in [2.05, 4.69) is 38.1 Å². The van der Waals surface area contributed by atoms with E-state index in [4.69, 9.17) is 4.74 Å². The molecule has 0 spiro atoms. The van der Waals surface area contributed by atoms with Gasteiger partial charge in [0.25, 0.3) is 0 Å². The fourth-order valence-corrected chi connectivity index (χ4v) is 2.42. The maximum atomic E-state index is 11.3. The molecule has 0 unspecified atom stereocenters. The second kappa shape index (κ2) is 4.61. The van der Waals surface area contributed by atoms with Crippen molar-refractivity contribution in [1.82, 2.24) is 0 Å². The quantitative estimate of drug-likeness (QED) is 0.797. The van der Waals surface area contributed by atoms with Crippen LogP contribution in [-0.4, -0.2) is 19.0 Å². The van der Waals surface area contributed by atoms with Gasteiger partial charge in [0.2, 0.25) is 0 Å². The van der Waals surface area contributed by atoms with Crippen LogP contribution < -0.4 is 0 Å². The van der Waals surface area contributed by atoms with Crippen molar-refractivity contribution in [1.29, 1.82) is 0 Å². The first-order chi connectivity index (χ1) is 8.03. The van der Waals surface area contributed by atoms with Crippen LogP contribution in [0.5, 0.6) is 0 Å². The molecular weight excluding hydrogens is 212 g/mol. The van der Waals surface area contributed by atoms with Gasteiger partial charge in [-0.1, -0.05) is 38.1 Å². The van der Waals surface area contributed by atoms with Crippen LogP contribution in [0.15, 0.2) is 24.3 Å². The average molecular weight is 232 g/mol. The zero-order valence-electron chi connectivity index (χ0n) is 10.8. The third-order valence-electron chi connectivity index (χ3n) is 3.53. The van der Waals surface area contributed by atoms with Gasteiger partial charge >= 0.3 is 0 Å². The van der Waals surface area contributed by atoms with Crippen molar-refractivity contribution in [2.75, 3.05) is 13.2 Å². The van der Waals surface area contributed by atoms with E-state index in [1.165, 1.54) is 11.1 Å². The van der Waals surface area contributed by atoms with Crippen LogP contribution in [0.4, 0.5) is 0 Å². The predicted molar refractivity (Wildman–Crippen MR) is 68.3 cm³/mol. The molecule has 2 rings (SSSR count). The summed E-state index contributed by atoms with van der Waals surface area (Å²) in [6, 6.07) is 8.64. The van der Waals surface area contributed by atoms with Crippen molar-refractivity contribution in [2.24, 2.45) is 0 Å². The number of Topliss-reactive ketones (excluding diaryl/α,β-unsaturated/α-hetero) is 1. The minimum Gasteiger partial charge on any atom is -0.379 e. The van der Waals surface area contributed by atoms with Crippen LogP contribution >= 0.6 is 0 Å². The summed E-state index contributed by atoms with van der Waals surface area (Å²) in [5.74, 6) is 0.784. The predicted octanol–water partition coefficient (Wildman–Crippen LogP) is 3.06. The van der Waals surface area contributed by atoms with Crippen LogP contribution in [0.25, 0.3) is 0 Å². The minimum atomic E-state index is -0.0542. The Kier molecular flexibility index (Phi) is 3.34. The van der Waals surface area contributed by atoms with Gasteiger partial charge in [-0.2, -0.15) is 0 Å². The van der Waals surface area contributed by atoms with Crippen LogP contribution in [0.2, 0.25) is 0 Å². The monoisotopic (exact) mass is 232 g/mol. The standard InChI is InChI=1S/C15H20O2/c1-11(2)13-4-6-14(7-5-13)15(8-12(3)16)9-17-10-15/h4-7,11H,8-10H2,1-3H3. The molecule has 1 heterocycles. The normalized spacial score (nSPS) is 17.9. The van der Waals surface area contributed by atoms with Crippen molar-refractivity contribution in [2.45, 2.75) is 38.5 Å². The molecule has 0 N–H and O–H groups in total. The van der Waals surface area contributed by atoms with Crippen LogP contribution in [-0.2, 0) is 14.9 Å². The van der Waals surface area contributed by atoms with Gasteiger partial charge in [-0.25, -0.2) is 0 Å². The van der Waals surface area contributed by atoms with Crippen LogP contribution in [0.3, 0.4) is 0 Å². The van der Waals surface area contributed by atoms with E-state index >= 15 is 0 Å². The number of carbonyl (C=O) groups is 1. The van der Waals surface area contributed by atoms with Crippen molar-refractivity contribution >= 4 is 5.78 Å². The van der Waals surface area contributed by atoms with Gasteiger partial charge in [-0.3, -0.25) is 4.79 Å². The molecule has 2 nitrogen and oxygen atoms in total.